The highest BCUT2D eigenvalue weighted by molar-refractivity contribution is 4.73. The zero-order chi connectivity index (χ0) is 20.6. The Labute approximate surface area is 182 Å². The van der Waals surface area contributed by atoms with Gasteiger partial charge in [0.25, 0.3) is 0 Å². The molecular weight excluding hydrogens is 358 g/mol. The van der Waals surface area contributed by atoms with E-state index >= 15 is 0 Å². The second-order valence-corrected chi connectivity index (χ2v) is 9.16. The van der Waals surface area contributed by atoms with Gasteiger partial charge in [0.05, 0.1) is 0 Å². The van der Waals surface area contributed by atoms with E-state index in [1.54, 1.807) is 0 Å². The van der Waals surface area contributed by atoms with Gasteiger partial charge in [-0.2, -0.15) is 0 Å². The molecule has 0 saturated carbocycles. The lowest BCUT2D eigenvalue weighted by molar-refractivity contribution is 0.129. The fourth-order valence-corrected chi connectivity index (χ4v) is 4.47. The van der Waals surface area contributed by atoms with Gasteiger partial charge in [-0.15, -0.1) is 0 Å². The maximum absolute atomic E-state index is 4.77. The van der Waals surface area contributed by atoms with E-state index in [0.717, 1.165) is 13.1 Å². The molecule has 0 aromatic carbocycles. The molecule has 0 aliphatic carbocycles. The largest absolute Gasteiger partial charge is 0.301 e. The van der Waals surface area contributed by atoms with Crippen molar-refractivity contribution in [3.63, 3.8) is 0 Å². The second-order valence-electron chi connectivity index (χ2n) is 9.16. The van der Waals surface area contributed by atoms with Gasteiger partial charge in [0.15, 0.2) is 0 Å². The van der Waals surface area contributed by atoms with Gasteiger partial charge in [-0.25, -0.2) is 5.32 Å². The van der Waals surface area contributed by atoms with Gasteiger partial charge in [0, 0.05) is 65.4 Å². The third-order valence-electron chi connectivity index (χ3n) is 6.67. The molecule has 0 atom stereocenters. The average molecular weight is 409 g/mol. The number of rotatable bonds is 16. The van der Waals surface area contributed by atoms with Crippen molar-refractivity contribution < 1.29 is 0 Å². The van der Waals surface area contributed by atoms with E-state index in [0.29, 0.717) is 0 Å². The summed E-state index contributed by atoms with van der Waals surface area (Å²) >= 11 is 0. The standard InChI is InChI=1S/C24H50N5/c1-3-5-13-26-17-21-28(22-18-26)15-9-7-11-25-12-8-10-16-29-23-19-27(20-24-29)14-6-4-2/h3-24H2,1-2H3. The van der Waals surface area contributed by atoms with E-state index in [1.807, 2.05) is 0 Å². The number of nitrogens with zero attached hydrogens (tertiary/aromatic N) is 5. The van der Waals surface area contributed by atoms with Crippen molar-refractivity contribution in [3.8, 4) is 0 Å². The quantitative estimate of drug-likeness (QED) is 0.367. The normalized spacial score (nSPS) is 20.5. The maximum atomic E-state index is 4.77. The first-order chi connectivity index (χ1) is 14.3. The van der Waals surface area contributed by atoms with Crippen LogP contribution in [0.1, 0.15) is 65.2 Å². The number of unbranched alkanes of at least 4 members (excludes halogenated alkanes) is 4. The third kappa shape index (κ3) is 11.7. The van der Waals surface area contributed by atoms with Crippen LogP contribution in [0.3, 0.4) is 0 Å². The summed E-state index contributed by atoms with van der Waals surface area (Å²) in [7, 11) is 0. The van der Waals surface area contributed by atoms with Crippen LogP contribution in [0, 0.1) is 0 Å². The van der Waals surface area contributed by atoms with Crippen LogP contribution in [-0.2, 0) is 0 Å². The molecule has 2 rings (SSSR count). The fourth-order valence-electron chi connectivity index (χ4n) is 4.47. The van der Waals surface area contributed by atoms with E-state index in [4.69, 9.17) is 5.32 Å². The summed E-state index contributed by atoms with van der Waals surface area (Å²) < 4.78 is 0. The molecule has 2 saturated heterocycles. The van der Waals surface area contributed by atoms with Crippen molar-refractivity contribution in [3.05, 3.63) is 0 Å². The van der Waals surface area contributed by atoms with Gasteiger partial charge in [0.1, 0.15) is 0 Å². The Hall–Kier alpha value is -0.200. The van der Waals surface area contributed by atoms with Crippen LogP contribution < -0.4 is 5.32 Å². The summed E-state index contributed by atoms with van der Waals surface area (Å²) in [6, 6.07) is 0. The Balaban J connectivity index is 1.32. The first-order valence-corrected chi connectivity index (χ1v) is 12.8. The molecule has 5 heteroatoms. The highest BCUT2D eigenvalue weighted by Gasteiger charge is 2.16. The monoisotopic (exact) mass is 408 g/mol. The van der Waals surface area contributed by atoms with Gasteiger partial charge in [-0.3, -0.25) is 0 Å². The molecule has 1 radical (unpaired) electrons. The minimum Gasteiger partial charge on any atom is -0.301 e. The van der Waals surface area contributed by atoms with E-state index in [-0.39, 0.29) is 0 Å². The van der Waals surface area contributed by atoms with Crippen molar-refractivity contribution in [2.24, 2.45) is 0 Å². The van der Waals surface area contributed by atoms with E-state index < -0.39 is 0 Å². The highest BCUT2D eigenvalue weighted by Crippen LogP contribution is 2.06. The molecule has 2 fully saturated rings. The summed E-state index contributed by atoms with van der Waals surface area (Å²) in [4.78, 5) is 10.6. The molecule has 171 valence electrons. The fraction of sp³-hybridized carbons (Fsp3) is 1.00. The zero-order valence-electron chi connectivity index (χ0n) is 19.8. The molecule has 0 unspecified atom stereocenters. The Morgan fingerprint density at radius 3 is 1.07 bits per heavy atom. The summed E-state index contributed by atoms with van der Waals surface area (Å²) in [5.41, 5.74) is 0. The van der Waals surface area contributed by atoms with Crippen LogP contribution in [0.2, 0.25) is 0 Å². The topological polar surface area (TPSA) is 27.1 Å². The predicted molar refractivity (Wildman–Crippen MR) is 126 cm³/mol. The lowest BCUT2D eigenvalue weighted by Gasteiger charge is -2.34. The van der Waals surface area contributed by atoms with Gasteiger partial charge < -0.3 is 19.6 Å². The molecule has 0 spiro atoms. The Morgan fingerprint density at radius 2 is 0.759 bits per heavy atom. The van der Waals surface area contributed by atoms with Crippen LogP contribution in [0.5, 0.6) is 0 Å². The molecule has 5 nitrogen and oxygen atoms in total. The molecule has 29 heavy (non-hydrogen) atoms. The second kappa shape index (κ2) is 16.5. The van der Waals surface area contributed by atoms with Crippen LogP contribution in [0.4, 0.5) is 0 Å². The smallest absolute Gasteiger partial charge is 0.0133 e. The van der Waals surface area contributed by atoms with Crippen LogP contribution >= 0.6 is 0 Å². The van der Waals surface area contributed by atoms with Gasteiger partial charge >= 0.3 is 0 Å². The first kappa shape index (κ1) is 25.1. The minimum atomic E-state index is 1.08. The Bertz CT molecular complexity index is 328. The molecule has 0 N–H and O–H groups in total. The molecule has 2 aliphatic heterocycles. The zero-order valence-corrected chi connectivity index (χ0v) is 19.8. The molecule has 2 aliphatic rings. The molecule has 0 bridgehead atoms. The summed E-state index contributed by atoms with van der Waals surface area (Å²) in [6.45, 7) is 22.1. The molecule has 0 aromatic heterocycles. The van der Waals surface area contributed by atoms with Gasteiger partial charge in [-0.1, -0.05) is 26.7 Å². The van der Waals surface area contributed by atoms with E-state index in [1.165, 1.54) is 130 Å². The summed E-state index contributed by atoms with van der Waals surface area (Å²) in [6.07, 6.45) is 10.5. The summed E-state index contributed by atoms with van der Waals surface area (Å²) in [5, 5.41) is 4.77. The lowest BCUT2D eigenvalue weighted by atomic mass is 10.2. The minimum absolute atomic E-state index is 1.08. The van der Waals surface area contributed by atoms with Crippen molar-refractivity contribution >= 4 is 0 Å². The molecule has 0 aromatic rings. The Kier molecular flexibility index (Phi) is 14.2. The Morgan fingerprint density at radius 1 is 0.448 bits per heavy atom. The average Bonchev–Trinajstić information content (AvgIpc) is 2.76. The van der Waals surface area contributed by atoms with E-state index in [2.05, 4.69) is 33.4 Å². The van der Waals surface area contributed by atoms with Gasteiger partial charge in [0.2, 0.25) is 0 Å². The summed E-state index contributed by atoms with van der Waals surface area (Å²) in [5.74, 6) is 0. The lowest BCUT2D eigenvalue weighted by Crippen LogP contribution is -2.46. The van der Waals surface area contributed by atoms with Crippen LogP contribution in [-0.4, -0.2) is 111 Å². The van der Waals surface area contributed by atoms with Crippen LogP contribution in [0.15, 0.2) is 0 Å². The highest BCUT2D eigenvalue weighted by atomic mass is 15.3. The molecule has 2 heterocycles. The SMILES string of the molecule is CCCCN1CCN(CCCC[N]CCCCN2CCN(CCCC)CC2)CC1. The number of piperazine rings is 2. The predicted octanol–water partition coefficient (Wildman–Crippen LogP) is 2.99. The van der Waals surface area contributed by atoms with Crippen molar-refractivity contribution in [2.45, 2.75) is 65.2 Å². The number of hydrogen-bond donors (Lipinski definition) is 0. The van der Waals surface area contributed by atoms with E-state index in [9.17, 15) is 0 Å². The third-order valence-corrected chi connectivity index (χ3v) is 6.67. The van der Waals surface area contributed by atoms with Crippen molar-refractivity contribution in [1.82, 2.24) is 24.9 Å². The van der Waals surface area contributed by atoms with Crippen molar-refractivity contribution in [2.75, 3.05) is 91.6 Å². The maximum Gasteiger partial charge on any atom is 0.0133 e. The van der Waals surface area contributed by atoms with Crippen LogP contribution in [0.25, 0.3) is 0 Å². The van der Waals surface area contributed by atoms with Crippen molar-refractivity contribution in [1.29, 1.82) is 0 Å². The first-order valence-electron chi connectivity index (χ1n) is 12.8. The number of hydrogen-bond acceptors (Lipinski definition) is 4. The molecular formula is C24H50N5. The molecule has 0 amide bonds. The van der Waals surface area contributed by atoms with Gasteiger partial charge in [-0.05, 0) is 64.7 Å².